The summed E-state index contributed by atoms with van der Waals surface area (Å²) in [5.74, 6) is 0. The third-order valence-corrected chi connectivity index (χ3v) is 0. The molecule has 0 amide bonds. The molecular formula is HCl2S2Ti-. The van der Waals surface area contributed by atoms with Crippen molar-refractivity contribution in [1.29, 1.82) is 0 Å². The minimum atomic E-state index is -0.556. The second-order valence-corrected chi connectivity index (χ2v) is 2.65. The first-order valence-corrected chi connectivity index (χ1v) is 6.32. The summed E-state index contributed by atoms with van der Waals surface area (Å²) < 4.78 is 0. The van der Waals surface area contributed by atoms with Crippen molar-refractivity contribution in [1.82, 2.24) is 0 Å². The van der Waals surface area contributed by atoms with Crippen molar-refractivity contribution in [3.8, 4) is 0 Å². The Bertz CT molecular complexity index is 7.61. The van der Waals surface area contributed by atoms with Gasteiger partial charge in [-0.25, -0.2) is 0 Å². The van der Waals surface area contributed by atoms with Crippen molar-refractivity contribution in [3.05, 3.63) is 0 Å². The maximum absolute atomic E-state index is 4.89. The normalized spacial score (nSPS) is 4.00. The van der Waals surface area contributed by atoms with Crippen LogP contribution >= 0.6 is 30.3 Å². The van der Waals surface area contributed by atoms with E-state index in [0.29, 0.717) is 0 Å². The van der Waals surface area contributed by atoms with Crippen LogP contribution in [-0.4, -0.2) is 0 Å². The van der Waals surface area contributed by atoms with Crippen LogP contribution in [0, 0.1) is 0 Å². The summed E-state index contributed by atoms with van der Waals surface area (Å²) >= 11 is 6.33. The van der Waals surface area contributed by atoms with Gasteiger partial charge in [0.2, 0.25) is 0 Å². The van der Waals surface area contributed by atoms with Crippen molar-refractivity contribution in [2.75, 3.05) is 0 Å². The average molecular weight is 184 g/mol. The van der Waals surface area contributed by atoms with E-state index in [4.69, 9.17) is 18.6 Å². The van der Waals surface area contributed by atoms with Crippen molar-refractivity contribution in [3.63, 3.8) is 0 Å². The fourth-order valence-electron chi connectivity index (χ4n) is 0. The number of thiol groups is 1. The van der Waals surface area contributed by atoms with Gasteiger partial charge in [-0.2, -0.15) is 0 Å². The van der Waals surface area contributed by atoms with E-state index in [1.807, 2.05) is 0 Å². The van der Waals surface area contributed by atoms with E-state index in [-0.39, 0.29) is 0 Å². The zero-order chi connectivity index (χ0) is 4.71. The predicted molar refractivity (Wildman–Crippen MR) is 28.1 cm³/mol. The molecule has 0 heterocycles. The number of hydrogen-bond donors (Lipinski definition) is 1. The smallest absolute Gasteiger partial charge is 0.350 e. The van der Waals surface area contributed by atoms with Crippen molar-refractivity contribution in [2.24, 2.45) is 0 Å². The summed E-state index contributed by atoms with van der Waals surface area (Å²) in [4.78, 5) is 0. The van der Waals surface area contributed by atoms with Crippen LogP contribution < -0.4 is 0 Å². The molecule has 0 bridgehead atoms. The van der Waals surface area contributed by atoms with Gasteiger partial charge < -0.3 is 23.3 Å². The van der Waals surface area contributed by atoms with Gasteiger partial charge in [0.05, 0.1) is 0 Å². The molecule has 0 fully saturated rings. The van der Waals surface area contributed by atoms with Gasteiger partial charge in [0.25, 0.3) is 0 Å². The zero-order valence-electron chi connectivity index (χ0n) is 2.11. The van der Waals surface area contributed by atoms with Gasteiger partial charge in [0, 0.05) is 0 Å². The largest absolute Gasteiger partial charge is 0.723 e. The van der Waals surface area contributed by atoms with Crippen LogP contribution in [0.2, 0.25) is 0 Å². The van der Waals surface area contributed by atoms with Gasteiger partial charge in [-0.15, -0.1) is 0 Å². The van der Waals surface area contributed by atoms with Crippen LogP contribution in [0.4, 0.5) is 0 Å². The summed E-state index contributed by atoms with van der Waals surface area (Å²) in [6.45, 7) is 0. The second kappa shape index (κ2) is 16.7. The van der Waals surface area contributed by atoms with Crippen LogP contribution in [0.15, 0.2) is 0 Å². The molecule has 0 saturated carbocycles. The molecule has 0 nitrogen and oxygen atoms in total. The van der Waals surface area contributed by atoms with Gasteiger partial charge in [-0.1, -0.05) is 0 Å². The third kappa shape index (κ3) is 24.0. The first kappa shape index (κ1) is 10.1. The monoisotopic (exact) mass is 183 g/mol. The molecule has 0 aliphatic heterocycles. The minimum absolute atomic E-state index is 0.556. The standard InChI is InChI=1S/2ClH.H2S2.Ti/c;;1-2;/h2*1H;1-2H;/q;;;+2/p-3. The summed E-state index contributed by atoms with van der Waals surface area (Å²) in [6.07, 6.45) is 0. The van der Waals surface area contributed by atoms with E-state index >= 15 is 0 Å². The van der Waals surface area contributed by atoms with E-state index in [0.717, 1.165) is 0 Å². The Hall–Kier alpha value is 1.99. The topological polar surface area (TPSA) is 0 Å². The molecular weight excluding hydrogens is 183 g/mol. The molecule has 0 unspecified atom stereocenters. The van der Waals surface area contributed by atoms with E-state index in [9.17, 15) is 0 Å². The summed E-state index contributed by atoms with van der Waals surface area (Å²) in [5, 5.41) is 0. The Morgan fingerprint density at radius 2 is 1.40 bits per heavy atom. The molecule has 0 saturated heterocycles. The zero-order valence-corrected chi connectivity index (χ0v) is 6.90. The average Bonchev–Trinajstić information content (AvgIpc) is 1.46. The Morgan fingerprint density at radius 1 is 1.40 bits per heavy atom. The molecule has 0 aromatic carbocycles. The number of rotatable bonds is 0. The Kier molecular flexibility index (Phi) is 33.6. The molecule has 0 spiro atoms. The summed E-state index contributed by atoms with van der Waals surface area (Å²) in [7, 11) is 9.78. The van der Waals surface area contributed by atoms with Gasteiger partial charge in [0.15, 0.2) is 0 Å². The summed E-state index contributed by atoms with van der Waals surface area (Å²) in [5.41, 5.74) is 0. The maximum atomic E-state index is 4.89. The molecule has 0 aromatic heterocycles. The van der Waals surface area contributed by atoms with Crippen molar-refractivity contribution < 1.29 is 17.0 Å². The van der Waals surface area contributed by atoms with E-state index in [1.165, 1.54) is 0 Å². The van der Waals surface area contributed by atoms with Crippen molar-refractivity contribution in [2.45, 2.75) is 0 Å². The molecule has 0 aliphatic rings. The number of halogens is 2. The Balaban J connectivity index is 0. The van der Waals surface area contributed by atoms with E-state index in [1.54, 1.807) is 0 Å². The van der Waals surface area contributed by atoms with Crippen LogP contribution in [0.1, 0.15) is 0 Å². The van der Waals surface area contributed by atoms with Crippen molar-refractivity contribution >= 4 is 41.9 Å². The number of hydrogen-bond acceptors (Lipinski definition) is 2. The molecule has 0 aliphatic carbocycles. The van der Waals surface area contributed by atoms with Gasteiger partial charge >= 0.3 is 35.6 Å². The molecule has 32 valence electrons. The molecule has 0 atom stereocenters. The molecule has 5 heavy (non-hydrogen) atoms. The fraction of sp³-hybridized carbons (Fsp3) is 0. The fourth-order valence-corrected chi connectivity index (χ4v) is 0. The third-order valence-electron chi connectivity index (χ3n) is 0. The molecule has 0 N–H and O–H groups in total. The molecule has 0 aromatic rings. The van der Waals surface area contributed by atoms with Crippen LogP contribution in [-0.2, 0) is 28.7 Å². The van der Waals surface area contributed by atoms with Crippen LogP contribution in [0.5, 0.6) is 0 Å². The minimum Gasteiger partial charge on any atom is -0.723 e. The second-order valence-electron chi connectivity index (χ2n) is 0.0714. The van der Waals surface area contributed by atoms with E-state index < -0.39 is 17.0 Å². The van der Waals surface area contributed by atoms with Gasteiger partial charge in [-0.3, -0.25) is 0 Å². The van der Waals surface area contributed by atoms with Gasteiger partial charge in [-0.05, 0) is 0 Å². The predicted octanol–water partition coefficient (Wildman–Crippen LogP) is 1.75. The summed E-state index contributed by atoms with van der Waals surface area (Å²) in [6, 6.07) is 0. The van der Waals surface area contributed by atoms with Crippen LogP contribution in [0.25, 0.3) is 0 Å². The Labute approximate surface area is 58.5 Å². The quantitative estimate of drug-likeness (QED) is 0.259. The first-order valence-electron chi connectivity index (χ1n) is 0.561. The van der Waals surface area contributed by atoms with Crippen LogP contribution in [0.3, 0.4) is 0 Å². The SMILES string of the molecule is [Cl][Ti][Cl].[S-]S. The maximum Gasteiger partial charge on any atom is -0.350 e. The molecule has 0 radical (unpaired) electrons. The first-order chi connectivity index (χ1) is 2.41. The Morgan fingerprint density at radius 3 is 1.40 bits per heavy atom. The molecule has 0 rings (SSSR count). The van der Waals surface area contributed by atoms with E-state index in [2.05, 4.69) is 23.3 Å². The van der Waals surface area contributed by atoms with Gasteiger partial charge in [0.1, 0.15) is 0 Å². The molecule has 5 heteroatoms.